The molecular weight excluding hydrogens is 336 g/mol. The Kier molecular flexibility index (Phi) is 4.56. The molecule has 0 aliphatic rings. The van der Waals surface area contributed by atoms with Gasteiger partial charge in [-0.25, -0.2) is 0 Å². The average molecular weight is 350 g/mol. The lowest BCUT2D eigenvalue weighted by Gasteiger charge is -2.17. The van der Waals surface area contributed by atoms with Gasteiger partial charge in [0.2, 0.25) is 0 Å². The fourth-order valence-electron chi connectivity index (χ4n) is 0.952. The van der Waals surface area contributed by atoms with E-state index < -0.39 is 0 Å². The average Bonchev–Trinajstić information content (AvgIpc) is 2.14. The lowest BCUT2D eigenvalue weighted by Crippen LogP contribution is -2.26. The lowest BCUT2D eigenvalue weighted by molar-refractivity contribution is -0.128. The normalized spacial score (nSPS) is 11.3. The predicted octanol–water partition coefficient (Wildman–Crippen LogP) is 4.21. The molecule has 0 amide bonds. The van der Waals surface area contributed by atoms with Crippen LogP contribution < -0.4 is 4.74 Å². The predicted molar refractivity (Wildman–Crippen MR) is 71.8 cm³/mol. The van der Waals surface area contributed by atoms with Crippen LogP contribution in [0.5, 0.6) is 5.75 Å². The van der Waals surface area contributed by atoms with Crippen LogP contribution in [-0.4, -0.2) is 12.4 Å². The summed E-state index contributed by atoms with van der Waals surface area (Å²) < 4.78 is 7.27. The monoisotopic (exact) mass is 348 g/mol. The third kappa shape index (κ3) is 3.91. The van der Waals surface area contributed by atoms with Gasteiger partial charge in [0.15, 0.2) is 5.78 Å². The number of rotatable bonds is 3. The Labute approximate surface area is 113 Å². The first-order valence-corrected chi connectivity index (χ1v) is 6.50. The van der Waals surface area contributed by atoms with Crippen molar-refractivity contribution in [3.8, 4) is 5.75 Å². The molecule has 0 aliphatic heterocycles. The zero-order valence-corrected chi connectivity index (χ0v) is 12.7. The number of Topliss-reactive ketones (excluding diaryl/α,β-unsaturated/α-hetero) is 1. The molecule has 2 nitrogen and oxygen atoms in total. The number of carbonyl (C=O) groups excluding carboxylic acids is 1. The Bertz CT molecular complexity index is 394. The summed E-state index contributed by atoms with van der Waals surface area (Å²) in [5.41, 5.74) is -0.359. The van der Waals surface area contributed by atoms with Crippen LogP contribution in [0.2, 0.25) is 0 Å². The molecule has 88 valence electrons. The Balaban J connectivity index is 2.65. The van der Waals surface area contributed by atoms with E-state index in [1.165, 1.54) is 0 Å². The van der Waals surface area contributed by atoms with E-state index in [1.807, 2.05) is 39.0 Å². The standard InChI is InChI=1S/C12H14Br2O2/c1-12(2,3)11(15)7-16-10-5-4-8(13)6-9(10)14/h4-6H,7H2,1-3H3. The summed E-state index contributed by atoms with van der Waals surface area (Å²) in [6, 6.07) is 5.59. The van der Waals surface area contributed by atoms with Crippen LogP contribution in [0, 0.1) is 5.41 Å². The van der Waals surface area contributed by atoms with Gasteiger partial charge in [0.25, 0.3) is 0 Å². The first-order valence-electron chi connectivity index (χ1n) is 4.92. The molecule has 0 saturated heterocycles. The van der Waals surface area contributed by atoms with Gasteiger partial charge in [-0.15, -0.1) is 0 Å². The smallest absolute Gasteiger partial charge is 0.175 e. The maximum atomic E-state index is 11.7. The van der Waals surface area contributed by atoms with Crippen molar-refractivity contribution < 1.29 is 9.53 Å². The van der Waals surface area contributed by atoms with Crippen molar-refractivity contribution in [2.75, 3.05) is 6.61 Å². The van der Waals surface area contributed by atoms with Gasteiger partial charge in [-0.3, -0.25) is 4.79 Å². The number of benzene rings is 1. The fourth-order valence-corrected chi connectivity index (χ4v) is 2.11. The number of carbonyl (C=O) groups is 1. The van der Waals surface area contributed by atoms with Crippen molar-refractivity contribution in [2.45, 2.75) is 20.8 Å². The molecule has 1 aromatic rings. The highest BCUT2D eigenvalue weighted by atomic mass is 79.9. The third-order valence-corrected chi connectivity index (χ3v) is 3.20. The van der Waals surface area contributed by atoms with Gasteiger partial charge in [-0.2, -0.15) is 0 Å². The van der Waals surface area contributed by atoms with Gasteiger partial charge in [0, 0.05) is 9.89 Å². The zero-order valence-electron chi connectivity index (χ0n) is 9.51. The maximum absolute atomic E-state index is 11.7. The summed E-state index contributed by atoms with van der Waals surface area (Å²) in [6.07, 6.45) is 0. The maximum Gasteiger partial charge on any atom is 0.175 e. The molecule has 0 fully saturated rings. The van der Waals surface area contributed by atoms with E-state index in [9.17, 15) is 4.79 Å². The van der Waals surface area contributed by atoms with Crippen molar-refractivity contribution in [1.82, 2.24) is 0 Å². The molecule has 16 heavy (non-hydrogen) atoms. The number of ketones is 1. The van der Waals surface area contributed by atoms with E-state index in [0.717, 1.165) is 8.95 Å². The Morgan fingerprint density at radius 3 is 2.44 bits per heavy atom. The van der Waals surface area contributed by atoms with Gasteiger partial charge < -0.3 is 4.74 Å². The molecule has 0 saturated carbocycles. The molecule has 0 N–H and O–H groups in total. The van der Waals surface area contributed by atoms with Crippen LogP contribution in [0.15, 0.2) is 27.1 Å². The molecule has 0 aromatic heterocycles. The van der Waals surface area contributed by atoms with Gasteiger partial charge in [0.05, 0.1) is 4.47 Å². The van der Waals surface area contributed by atoms with Crippen LogP contribution in [0.25, 0.3) is 0 Å². The van der Waals surface area contributed by atoms with Crippen molar-refractivity contribution >= 4 is 37.6 Å². The minimum absolute atomic E-state index is 0.0855. The largest absolute Gasteiger partial charge is 0.485 e. The second-order valence-electron chi connectivity index (χ2n) is 4.54. The van der Waals surface area contributed by atoms with Gasteiger partial charge in [0.1, 0.15) is 12.4 Å². The lowest BCUT2D eigenvalue weighted by atomic mass is 9.91. The molecule has 1 rings (SSSR count). The van der Waals surface area contributed by atoms with E-state index in [-0.39, 0.29) is 17.8 Å². The topological polar surface area (TPSA) is 26.3 Å². The van der Waals surface area contributed by atoms with Gasteiger partial charge in [-0.1, -0.05) is 36.7 Å². The number of hydrogen-bond acceptors (Lipinski definition) is 2. The third-order valence-electron chi connectivity index (χ3n) is 2.09. The highest BCUT2D eigenvalue weighted by Crippen LogP contribution is 2.28. The summed E-state index contributed by atoms with van der Waals surface area (Å²) >= 11 is 6.74. The zero-order chi connectivity index (χ0) is 12.3. The van der Waals surface area contributed by atoms with E-state index in [4.69, 9.17) is 4.74 Å². The molecule has 4 heteroatoms. The highest BCUT2D eigenvalue weighted by Gasteiger charge is 2.21. The van der Waals surface area contributed by atoms with Crippen LogP contribution >= 0.6 is 31.9 Å². The van der Waals surface area contributed by atoms with E-state index >= 15 is 0 Å². The minimum Gasteiger partial charge on any atom is -0.485 e. The Morgan fingerprint density at radius 2 is 1.94 bits per heavy atom. The molecule has 0 radical (unpaired) electrons. The molecular formula is C12H14Br2O2. The molecule has 0 atom stereocenters. The van der Waals surface area contributed by atoms with Crippen molar-refractivity contribution in [3.63, 3.8) is 0 Å². The number of halogens is 2. The molecule has 0 heterocycles. The molecule has 0 aliphatic carbocycles. The first kappa shape index (κ1) is 13.7. The summed E-state index contributed by atoms with van der Waals surface area (Å²) in [5.74, 6) is 0.767. The molecule has 0 spiro atoms. The van der Waals surface area contributed by atoms with Crippen molar-refractivity contribution in [1.29, 1.82) is 0 Å². The SMILES string of the molecule is CC(C)(C)C(=O)COc1ccc(Br)cc1Br. The van der Waals surface area contributed by atoms with Gasteiger partial charge >= 0.3 is 0 Å². The fraction of sp³-hybridized carbons (Fsp3) is 0.417. The van der Waals surface area contributed by atoms with E-state index in [0.29, 0.717) is 5.75 Å². The Hall–Kier alpha value is -0.350. The molecule has 0 unspecified atom stereocenters. The van der Waals surface area contributed by atoms with Crippen LogP contribution in [0.1, 0.15) is 20.8 Å². The van der Waals surface area contributed by atoms with Crippen LogP contribution in [0.4, 0.5) is 0 Å². The summed E-state index contributed by atoms with van der Waals surface area (Å²) in [5, 5.41) is 0. The summed E-state index contributed by atoms with van der Waals surface area (Å²) in [4.78, 5) is 11.7. The van der Waals surface area contributed by atoms with Gasteiger partial charge in [-0.05, 0) is 34.1 Å². The summed E-state index contributed by atoms with van der Waals surface area (Å²) in [7, 11) is 0. The second-order valence-corrected chi connectivity index (χ2v) is 6.31. The van der Waals surface area contributed by atoms with Crippen molar-refractivity contribution in [3.05, 3.63) is 27.1 Å². The number of ether oxygens (including phenoxy) is 1. The molecule has 0 bridgehead atoms. The number of hydrogen-bond donors (Lipinski definition) is 0. The van der Waals surface area contributed by atoms with Crippen LogP contribution in [0.3, 0.4) is 0 Å². The van der Waals surface area contributed by atoms with Crippen molar-refractivity contribution in [2.24, 2.45) is 5.41 Å². The first-order chi connectivity index (χ1) is 7.30. The molecule has 1 aromatic carbocycles. The van der Waals surface area contributed by atoms with Crippen LogP contribution in [-0.2, 0) is 4.79 Å². The second kappa shape index (κ2) is 5.32. The minimum atomic E-state index is -0.359. The Morgan fingerprint density at radius 1 is 1.31 bits per heavy atom. The summed E-state index contributed by atoms with van der Waals surface area (Å²) in [6.45, 7) is 5.75. The highest BCUT2D eigenvalue weighted by molar-refractivity contribution is 9.11. The quantitative estimate of drug-likeness (QED) is 0.817. The van der Waals surface area contributed by atoms with E-state index in [2.05, 4.69) is 31.9 Å². The van der Waals surface area contributed by atoms with E-state index in [1.54, 1.807) is 0 Å².